The number of nitrogens with one attached hydrogen (secondary N) is 2. The zero-order valence-electron chi connectivity index (χ0n) is 16.7. The highest BCUT2D eigenvalue weighted by Crippen LogP contribution is 2.30. The Hall–Kier alpha value is -3.55. The molecule has 1 saturated heterocycles. The van der Waals surface area contributed by atoms with Crippen LogP contribution in [-0.2, 0) is 15.1 Å². The number of hydrogen-bond donors (Lipinski definition) is 2. The number of methoxy groups -OCH3 is 1. The lowest BCUT2D eigenvalue weighted by Gasteiger charge is -2.23. The summed E-state index contributed by atoms with van der Waals surface area (Å²) in [6, 6.07) is 13.3. The molecule has 29 heavy (non-hydrogen) atoms. The van der Waals surface area contributed by atoms with Crippen LogP contribution in [0.5, 0.6) is 11.5 Å². The quantitative estimate of drug-likeness (QED) is 0.729. The molecule has 1 fully saturated rings. The summed E-state index contributed by atoms with van der Waals surface area (Å²) in [4.78, 5) is 37.8. The third-order valence-electron chi connectivity index (χ3n) is 4.73. The molecule has 8 nitrogen and oxygen atoms in total. The first-order valence-electron chi connectivity index (χ1n) is 9.09. The van der Waals surface area contributed by atoms with E-state index in [1.165, 1.54) is 14.0 Å². The van der Waals surface area contributed by atoms with Crippen LogP contribution in [-0.4, -0.2) is 36.1 Å². The number of carbonyl (C=O) groups excluding carboxylic acids is 3. The molecule has 1 aliphatic heterocycles. The van der Waals surface area contributed by atoms with Crippen LogP contribution in [0.2, 0.25) is 0 Å². The maximum absolute atomic E-state index is 12.9. The summed E-state index contributed by atoms with van der Waals surface area (Å²) in [5.74, 6) is -0.156. The Bertz CT molecular complexity index is 961. The fourth-order valence-electron chi connectivity index (χ4n) is 3.02. The van der Waals surface area contributed by atoms with Gasteiger partial charge in [-0.05, 0) is 56.2 Å². The smallest absolute Gasteiger partial charge is 0.344 e. The fraction of sp³-hybridized carbons (Fsp3) is 0.286. The van der Waals surface area contributed by atoms with E-state index in [0.717, 1.165) is 5.56 Å². The number of imide groups is 1. The van der Waals surface area contributed by atoms with E-state index in [1.54, 1.807) is 43.3 Å². The Morgan fingerprint density at radius 2 is 1.83 bits per heavy atom. The van der Waals surface area contributed by atoms with E-state index in [4.69, 9.17) is 9.47 Å². The largest absolute Gasteiger partial charge is 0.497 e. The highest BCUT2D eigenvalue weighted by Gasteiger charge is 2.50. The predicted molar refractivity (Wildman–Crippen MR) is 105 cm³/mol. The highest BCUT2D eigenvalue weighted by molar-refractivity contribution is 6.08. The monoisotopic (exact) mass is 397 g/mol. The average Bonchev–Trinajstić information content (AvgIpc) is 2.92. The maximum atomic E-state index is 12.9. The second kappa shape index (κ2) is 7.83. The van der Waals surface area contributed by atoms with Gasteiger partial charge in [-0.15, -0.1) is 0 Å². The van der Waals surface area contributed by atoms with Crippen molar-refractivity contribution in [2.45, 2.75) is 32.4 Å². The molecule has 2 atom stereocenters. The molecule has 2 aromatic rings. The van der Waals surface area contributed by atoms with Gasteiger partial charge >= 0.3 is 6.03 Å². The first-order chi connectivity index (χ1) is 13.7. The van der Waals surface area contributed by atoms with Crippen molar-refractivity contribution in [1.29, 1.82) is 0 Å². The minimum absolute atomic E-state index is 0.520. The second-order valence-electron chi connectivity index (χ2n) is 6.98. The molecule has 0 spiro atoms. The molecule has 4 amide bonds. The van der Waals surface area contributed by atoms with Gasteiger partial charge in [0.1, 0.15) is 17.0 Å². The molecule has 0 radical (unpaired) electrons. The summed E-state index contributed by atoms with van der Waals surface area (Å²) in [6.45, 7) is 5.02. The molecular formula is C21H23N3O5. The molecular weight excluding hydrogens is 374 g/mol. The molecule has 2 N–H and O–H groups in total. The summed E-state index contributed by atoms with van der Waals surface area (Å²) in [5.41, 5.74) is 2.53. The van der Waals surface area contributed by atoms with Crippen molar-refractivity contribution < 1.29 is 23.9 Å². The van der Waals surface area contributed by atoms with E-state index in [0.29, 0.717) is 22.1 Å². The third-order valence-corrected chi connectivity index (χ3v) is 4.73. The zero-order chi connectivity index (χ0) is 21.2. The lowest BCUT2D eigenvalue weighted by atomic mass is 9.92. The molecule has 3 rings (SSSR count). The van der Waals surface area contributed by atoms with Crippen molar-refractivity contribution in [3.63, 3.8) is 0 Å². The molecule has 8 heteroatoms. The predicted octanol–water partition coefficient (Wildman–Crippen LogP) is 2.27. The summed E-state index contributed by atoms with van der Waals surface area (Å²) < 4.78 is 10.8. The van der Waals surface area contributed by atoms with Crippen LogP contribution in [0, 0.1) is 6.92 Å². The number of urea groups is 1. The van der Waals surface area contributed by atoms with Crippen LogP contribution in [0.4, 0.5) is 4.79 Å². The lowest BCUT2D eigenvalue weighted by molar-refractivity contribution is -0.141. The first kappa shape index (κ1) is 20.2. The van der Waals surface area contributed by atoms with Crippen LogP contribution in [0.1, 0.15) is 25.0 Å². The summed E-state index contributed by atoms with van der Waals surface area (Å²) in [6.07, 6.45) is -0.916. The van der Waals surface area contributed by atoms with E-state index < -0.39 is 29.5 Å². The zero-order valence-corrected chi connectivity index (χ0v) is 16.7. The number of aryl methyl sites for hydroxylation is 1. The molecule has 0 aliphatic carbocycles. The van der Waals surface area contributed by atoms with Gasteiger partial charge in [-0.2, -0.15) is 5.01 Å². The van der Waals surface area contributed by atoms with Gasteiger partial charge < -0.3 is 14.8 Å². The molecule has 152 valence electrons. The first-order valence-corrected chi connectivity index (χ1v) is 9.09. The van der Waals surface area contributed by atoms with Crippen molar-refractivity contribution in [1.82, 2.24) is 15.8 Å². The molecule has 1 heterocycles. The average molecular weight is 397 g/mol. The number of amides is 4. The Morgan fingerprint density at radius 3 is 2.52 bits per heavy atom. The minimum atomic E-state index is -1.33. The number of nitrogens with zero attached hydrogens (tertiary/aromatic N) is 1. The van der Waals surface area contributed by atoms with E-state index in [9.17, 15) is 14.4 Å². The maximum Gasteiger partial charge on any atom is 0.344 e. The van der Waals surface area contributed by atoms with E-state index in [-0.39, 0.29) is 0 Å². The number of hydrogen-bond acceptors (Lipinski definition) is 5. The van der Waals surface area contributed by atoms with E-state index in [1.807, 2.05) is 19.1 Å². The molecule has 2 aromatic carbocycles. The number of benzene rings is 2. The highest BCUT2D eigenvalue weighted by atomic mass is 16.5. The minimum Gasteiger partial charge on any atom is -0.497 e. The molecule has 0 aromatic heterocycles. The number of hydrazine groups is 1. The molecule has 1 aliphatic rings. The van der Waals surface area contributed by atoms with Gasteiger partial charge in [-0.25, -0.2) is 4.79 Å². The van der Waals surface area contributed by atoms with Crippen LogP contribution in [0.25, 0.3) is 0 Å². The van der Waals surface area contributed by atoms with Crippen LogP contribution >= 0.6 is 0 Å². The summed E-state index contributed by atoms with van der Waals surface area (Å²) in [7, 11) is 1.51. The fourth-order valence-corrected chi connectivity index (χ4v) is 3.02. The lowest BCUT2D eigenvalue weighted by Crippen LogP contribution is -2.51. The van der Waals surface area contributed by atoms with Crippen LogP contribution in [0.3, 0.4) is 0 Å². The van der Waals surface area contributed by atoms with Crippen molar-refractivity contribution in [3.8, 4) is 11.5 Å². The molecule has 0 unspecified atom stereocenters. The summed E-state index contributed by atoms with van der Waals surface area (Å²) in [5, 5.41) is 3.30. The van der Waals surface area contributed by atoms with Crippen LogP contribution in [0.15, 0.2) is 48.5 Å². The number of carbonyl (C=O) groups is 3. The van der Waals surface area contributed by atoms with Crippen molar-refractivity contribution in [2.24, 2.45) is 0 Å². The van der Waals surface area contributed by atoms with Crippen LogP contribution < -0.4 is 20.2 Å². The normalized spacial score (nSPS) is 19.5. The summed E-state index contributed by atoms with van der Waals surface area (Å²) >= 11 is 0. The number of rotatable bonds is 6. The Morgan fingerprint density at radius 1 is 1.14 bits per heavy atom. The van der Waals surface area contributed by atoms with E-state index in [2.05, 4.69) is 10.7 Å². The van der Waals surface area contributed by atoms with Crippen molar-refractivity contribution >= 4 is 17.8 Å². The Labute approximate surface area is 168 Å². The van der Waals surface area contributed by atoms with Gasteiger partial charge in [0, 0.05) is 0 Å². The van der Waals surface area contributed by atoms with Crippen molar-refractivity contribution in [3.05, 3.63) is 59.7 Å². The van der Waals surface area contributed by atoms with Gasteiger partial charge in [0.2, 0.25) is 0 Å². The van der Waals surface area contributed by atoms with Crippen molar-refractivity contribution in [2.75, 3.05) is 7.11 Å². The Kier molecular flexibility index (Phi) is 5.45. The van der Waals surface area contributed by atoms with Gasteiger partial charge in [-0.1, -0.05) is 24.3 Å². The van der Waals surface area contributed by atoms with E-state index >= 15 is 0 Å². The standard InChI is InChI=1S/C21H23N3O5/c1-13-7-5-10-17(11-13)29-14(2)18(25)23-24-19(26)21(3,22-20(24)27)15-8-6-9-16(12-15)28-4/h5-12,14H,1-4H3,(H,22,27)(H,23,25)/t14-,21+/m0/s1. The van der Waals surface area contributed by atoms with Gasteiger partial charge in [0.15, 0.2) is 6.10 Å². The molecule has 0 saturated carbocycles. The van der Waals surface area contributed by atoms with Gasteiger partial charge in [0.05, 0.1) is 7.11 Å². The second-order valence-corrected chi connectivity index (χ2v) is 6.98. The number of ether oxygens (including phenoxy) is 2. The molecule has 0 bridgehead atoms. The Balaban J connectivity index is 1.73. The van der Waals surface area contributed by atoms with Gasteiger partial charge in [-0.3, -0.25) is 15.0 Å². The SMILES string of the molecule is COc1cccc([C@@]2(C)NC(=O)N(NC(=O)[C@H](C)Oc3cccc(C)c3)C2=O)c1. The van der Waals surface area contributed by atoms with Gasteiger partial charge in [0.25, 0.3) is 11.8 Å². The third kappa shape index (κ3) is 4.01. The topological polar surface area (TPSA) is 97.0 Å².